The molecule has 4 heteroatoms. The van der Waals surface area contributed by atoms with Crippen molar-refractivity contribution in [2.24, 2.45) is 11.8 Å². The smallest absolute Gasteiger partial charge is 0.0897 e. The van der Waals surface area contributed by atoms with E-state index in [1.54, 1.807) is 0 Å². The van der Waals surface area contributed by atoms with Crippen molar-refractivity contribution in [3.8, 4) is 0 Å². The normalized spacial score (nSPS) is 15.3. The van der Waals surface area contributed by atoms with Crippen LogP contribution in [-0.2, 0) is 4.74 Å². The average molecular weight is 261 g/mol. The Morgan fingerprint density at radius 3 is 2.28 bits per heavy atom. The number of nitrogens with one attached hydrogen (secondary N) is 1. The summed E-state index contributed by atoms with van der Waals surface area (Å²) in [5, 5.41) is 22.2. The number of rotatable bonds is 11. The molecule has 3 N–H and O–H groups in total. The minimum Gasteiger partial charge on any atom is -0.392 e. The maximum Gasteiger partial charge on any atom is 0.0897 e. The molecule has 0 radical (unpaired) electrons. The van der Waals surface area contributed by atoms with Crippen LogP contribution < -0.4 is 5.32 Å². The van der Waals surface area contributed by atoms with E-state index in [4.69, 9.17) is 4.74 Å². The molecule has 0 saturated carbocycles. The maximum absolute atomic E-state index is 9.64. The molecule has 0 bridgehead atoms. The third-order valence-corrected chi connectivity index (χ3v) is 2.88. The van der Waals surface area contributed by atoms with E-state index in [9.17, 15) is 10.2 Å². The first-order chi connectivity index (χ1) is 8.43. The van der Waals surface area contributed by atoms with Gasteiger partial charge in [-0.3, -0.25) is 0 Å². The molecule has 0 aliphatic rings. The van der Waals surface area contributed by atoms with Crippen LogP contribution in [0.4, 0.5) is 0 Å². The molecular formula is C14H31NO3. The lowest BCUT2D eigenvalue weighted by molar-refractivity contribution is 0.0320. The Labute approximate surface area is 112 Å². The minimum absolute atomic E-state index is 0.238. The molecule has 0 rings (SSSR count). The van der Waals surface area contributed by atoms with Crippen LogP contribution in [-0.4, -0.2) is 48.7 Å². The van der Waals surface area contributed by atoms with Crippen LogP contribution >= 0.6 is 0 Å². The van der Waals surface area contributed by atoms with E-state index < -0.39 is 6.10 Å². The summed E-state index contributed by atoms with van der Waals surface area (Å²) in [6, 6.07) is 0. The van der Waals surface area contributed by atoms with E-state index in [0.717, 1.165) is 12.8 Å². The maximum atomic E-state index is 9.64. The highest BCUT2D eigenvalue weighted by molar-refractivity contribution is 4.65. The van der Waals surface area contributed by atoms with Gasteiger partial charge < -0.3 is 20.3 Å². The van der Waals surface area contributed by atoms with Crippen LogP contribution in [0, 0.1) is 11.8 Å². The van der Waals surface area contributed by atoms with E-state index in [1.807, 2.05) is 13.8 Å². The van der Waals surface area contributed by atoms with Crippen molar-refractivity contribution in [2.75, 3.05) is 26.3 Å². The topological polar surface area (TPSA) is 61.7 Å². The molecular weight excluding hydrogens is 230 g/mol. The summed E-state index contributed by atoms with van der Waals surface area (Å²) in [6.45, 7) is 10.4. The largest absolute Gasteiger partial charge is 0.392 e. The van der Waals surface area contributed by atoms with E-state index in [2.05, 4.69) is 19.2 Å². The lowest BCUT2D eigenvalue weighted by Crippen LogP contribution is -2.37. The van der Waals surface area contributed by atoms with Crippen LogP contribution in [0.5, 0.6) is 0 Å². The summed E-state index contributed by atoms with van der Waals surface area (Å²) in [6.07, 6.45) is 1.35. The highest BCUT2D eigenvalue weighted by atomic mass is 16.5. The van der Waals surface area contributed by atoms with Gasteiger partial charge in [-0.05, 0) is 24.7 Å². The predicted octanol–water partition coefficient (Wildman–Crippen LogP) is 1.41. The number of aliphatic hydroxyl groups is 2. The Balaban J connectivity index is 3.35. The Hall–Kier alpha value is -0.160. The van der Waals surface area contributed by atoms with Crippen molar-refractivity contribution in [1.82, 2.24) is 5.32 Å². The van der Waals surface area contributed by atoms with Crippen LogP contribution in [0.1, 0.15) is 40.5 Å². The van der Waals surface area contributed by atoms with Crippen molar-refractivity contribution in [2.45, 2.75) is 52.7 Å². The zero-order valence-electron chi connectivity index (χ0n) is 12.4. The first-order valence-corrected chi connectivity index (χ1v) is 7.08. The van der Waals surface area contributed by atoms with E-state index in [1.165, 1.54) is 0 Å². The summed E-state index contributed by atoms with van der Waals surface area (Å²) in [5.74, 6) is 0.944. The van der Waals surface area contributed by atoms with Crippen LogP contribution in [0.15, 0.2) is 0 Å². The fraction of sp³-hybridized carbons (Fsp3) is 1.00. The van der Waals surface area contributed by atoms with Gasteiger partial charge in [-0.15, -0.1) is 0 Å². The standard InChI is InChI=1S/C14H31NO3/c1-11(2)6-5-7-18-10-13(16)8-15-9-14(17)12(3)4/h11-17H,5-10H2,1-4H3. The Morgan fingerprint density at radius 2 is 1.72 bits per heavy atom. The molecule has 0 spiro atoms. The number of hydrogen-bond acceptors (Lipinski definition) is 4. The van der Waals surface area contributed by atoms with Gasteiger partial charge in [0, 0.05) is 19.7 Å². The van der Waals surface area contributed by atoms with Crippen molar-refractivity contribution in [3.05, 3.63) is 0 Å². The van der Waals surface area contributed by atoms with Gasteiger partial charge in [0.2, 0.25) is 0 Å². The summed E-state index contributed by atoms with van der Waals surface area (Å²) in [7, 11) is 0. The highest BCUT2D eigenvalue weighted by Gasteiger charge is 2.10. The number of hydrogen-bond donors (Lipinski definition) is 3. The van der Waals surface area contributed by atoms with Gasteiger partial charge in [-0.1, -0.05) is 27.7 Å². The van der Waals surface area contributed by atoms with Crippen LogP contribution in [0.3, 0.4) is 0 Å². The molecule has 110 valence electrons. The lowest BCUT2D eigenvalue weighted by Gasteiger charge is -2.17. The van der Waals surface area contributed by atoms with Crippen molar-refractivity contribution in [1.29, 1.82) is 0 Å². The first kappa shape index (κ1) is 17.8. The molecule has 0 aliphatic carbocycles. The fourth-order valence-electron chi connectivity index (χ4n) is 1.51. The Morgan fingerprint density at radius 1 is 1.06 bits per heavy atom. The molecule has 0 saturated heterocycles. The second-order valence-corrected chi connectivity index (χ2v) is 5.73. The van der Waals surface area contributed by atoms with Crippen LogP contribution in [0.2, 0.25) is 0 Å². The summed E-state index contributed by atoms with van der Waals surface area (Å²) < 4.78 is 5.40. The molecule has 0 aromatic heterocycles. The predicted molar refractivity (Wildman–Crippen MR) is 74.6 cm³/mol. The number of aliphatic hydroxyl groups excluding tert-OH is 2. The fourth-order valence-corrected chi connectivity index (χ4v) is 1.51. The van der Waals surface area contributed by atoms with Gasteiger partial charge in [0.05, 0.1) is 18.8 Å². The Kier molecular flexibility index (Phi) is 10.6. The average Bonchev–Trinajstić information content (AvgIpc) is 2.27. The monoisotopic (exact) mass is 261 g/mol. The third-order valence-electron chi connectivity index (χ3n) is 2.88. The zero-order chi connectivity index (χ0) is 14.0. The first-order valence-electron chi connectivity index (χ1n) is 7.08. The summed E-state index contributed by atoms with van der Waals surface area (Å²) in [4.78, 5) is 0. The molecule has 2 unspecified atom stereocenters. The van der Waals surface area contributed by atoms with Gasteiger partial charge in [0.1, 0.15) is 0 Å². The summed E-state index contributed by atoms with van der Waals surface area (Å²) >= 11 is 0. The molecule has 0 amide bonds. The highest BCUT2D eigenvalue weighted by Crippen LogP contribution is 2.03. The van der Waals surface area contributed by atoms with Gasteiger partial charge in [0.25, 0.3) is 0 Å². The van der Waals surface area contributed by atoms with Gasteiger partial charge in [-0.2, -0.15) is 0 Å². The summed E-state index contributed by atoms with van der Waals surface area (Å²) in [5.41, 5.74) is 0. The Bertz CT molecular complexity index is 186. The second-order valence-electron chi connectivity index (χ2n) is 5.73. The van der Waals surface area contributed by atoms with Crippen LogP contribution in [0.25, 0.3) is 0 Å². The van der Waals surface area contributed by atoms with Crippen molar-refractivity contribution in [3.63, 3.8) is 0 Å². The molecule has 0 heterocycles. The second kappa shape index (κ2) is 10.7. The molecule has 4 nitrogen and oxygen atoms in total. The minimum atomic E-state index is -0.497. The van der Waals surface area contributed by atoms with Gasteiger partial charge >= 0.3 is 0 Å². The molecule has 0 aromatic carbocycles. The van der Waals surface area contributed by atoms with Crippen molar-refractivity contribution < 1.29 is 14.9 Å². The zero-order valence-corrected chi connectivity index (χ0v) is 12.4. The molecule has 2 atom stereocenters. The molecule has 0 fully saturated rings. The third kappa shape index (κ3) is 11.0. The SMILES string of the molecule is CC(C)CCCOCC(O)CNCC(O)C(C)C. The van der Waals surface area contributed by atoms with Gasteiger partial charge in [0.15, 0.2) is 0 Å². The van der Waals surface area contributed by atoms with Crippen molar-refractivity contribution >= 4 is 0 Å². The van der Waals surface area contributed by atoms with E-state index in [0.29, 0.717) is 32.2 Å². The molecule has 0 aromatic rings. The van der Waals surface area contributed by atoms with E-state index in [-0.39, 0.29) is 12.0 Å². The molecule has 18 heavy (non-hydrogen) atoms. The lowest BCUT2D eigenvalue weighted by atomic mass is 10.1. The quantitative estimate of drug-likeness (QED) is 0.492. The molecule has 0 aliphatic heterocycles. The van der Waals surface area contributed by atoms with E-state index >= 15 is 0 Å². The number of ether oxygens (including phenoxy) is 1. The van der Waals surface area contributed by atoms with Gasteiger partial charge in [-0.25, -0.2) is 0 Å².